The van der Waals surface area contributed by atoms with Crippen LogP contribution in [0.1, 0.15) is 36.3 Å². The average molecular weight is 439 g/mol. The van der Waals surface area contributed by atoms with E-state index in [1.165, 1.54) is 35.9 Å². The largest absolute Gasteiger partial charge is 0.480 e. The predicted molar refractivity (Wildman–Crippen MR) is 125 cm³/mol. The van der Waals surface area contributed by atoms with Crippen molar-refractivity contribution in [2.75, 3.05) is 11.4 Å². The van der Waals surface area contributed by atoms with Gasteiger partial charge in [-0.05, 0) is 54.3 Å². The van der Waals surface area contributed by atoms with Gasteiger partial charge in [-0.3, -0.25) is 14.5 Å². The zero-order valence-electron chi connectivity index (χ0n) is 16.3. The maximum atomic E-state index is 12.4. The Balaban J connectivity index is 1.61. The van der Waals surface area contributed by atoms with Crippen molar-refractivity contribution in [3.05, 3.63) is 65.7 Å². The van der Waals surface area contributed by atoms with E-state index in [2.05, 4.69) is 53.9 Å². The number of rotatable bonds is 5. The molecule has 0 saturated heterocycles. The van der Waals surface area contributed by atoms with Crippen LogP contribution < -0.4 is 4.90 Å². The Kier molecular flexibility index (Phi) is 5.92. The first-order valence-electron chi connectivity index (χ1n) is 9.88. The molecule has 1 aliphatic heterocycles. The summed E-state index contributed by atoms with van der Waals surface area (Å²) >= 11 is 8.84. The molecular weight excluding hydrogens is 416 g/mol. The highest BCUT2D eigenvalue weighted by molar-refractivity contribution is 8.11. The lowest BCUT2D eigenvalue weighted by atomic mass is 9.96. The summed E-state index contributed by atoms with van der Waals surface area (Å²) in [4.78, 5) is 26.7. The quantitative estimate of drug-likeness (QED) is 0.405. The van der Waals surface area contributed by atoms with Crippen molar-refractivity contribution in [1.82, 2.24) is 4.90 Å². The highest BCUT2D eigenvalue weighted by atomic mass is 32.1. The number of nitrogens with zero attached hydrogens (tertiary/aromatic N) is 2. The minimum atomic E-state index is -1.14. The van der Waals surface area contributed by atoms with Gasteiger partial charge in [0.2, 0.25) is 0 Å². The number of para-hydroxylation sites is 1. The lowest BCUT2D eigenvalue weighted by molar-refractivity contribution is -0.140. The normalized spacial score (nSPS) is 19.6. The molecule has 2 aromatic carbocycles. The highest BCUT2D eigenvalue weighted by Gasteiger charge is 2.41. The Bertz CT molecular complexity index is 1020. The Labute approximate surface area is 186 Å². The summed E-state index contributed by atoms with van der Waals surface area (Å²) in [6.07, 6.45) is 6.59. The van der Waals surface area contributed by atoms with E-state index in [0.717, 1.165) is 16.9 Å². The van der Waals surface area contributed by atoms with Crippen molar-refractivity contribution < 1.29 is 14.7 Å². The number of fused-ring (bicyclic) bond motifs is 3. The number of thiol groups is 1. The van der Waals surface area contributed by atoms with E-state index < -0.39 is 18.4 Å². The first-order valence-corrected chi connectivity index (χ1v) is 10.7. The van der Waals surface area contributed by atoms with E-state index in [9.17, 15) is 9.59 Å². The molecule has 1 amide bonds. The van der Waals surface area contributed by atoms with Crippen LogP contribution in [-0.4, -0.2) is 38.8 Å². The summed E-state index contributed by atoms with van der Waals surface area (Å²) < 4.78 is -0.0618. The molecule has 5 nitrogen and oxygen atoms in total. The number of carbonyl (C=O) groups is 2. The van der Waals surface area contributed by atoms with Crippen LogP contribution in [0.25, 0.3) is 6.08 Å². The number of amides is 1. The second kappa shape index (κ2) is 8.62. The molecule has 7 heteroatoms. The lowest BCUT2D eigenvalue weighted by Gasteiger charge is -2.27. The molecule has 1 N–H and O–H groups in total. The first kappa shape index (κ1) is 20.6. The molecule has 1 saturated carbocycles. The van der Waals surface area contributed by atoms with Gasteiger partial charge in [0.15, 0.2) is 0 Å². The van der Waals surface area contributed by atoms with Crippen LogP contribution >= 0.6 is 24.8 Å². The van der Waals surface area contributed by atoms with Crippen LogP contribution in [0.3, 0.4) is 0 Å². The SMILES string of the molecule is O=C(O)CN(C(=O)/C=C/c1ccc2c(c1)C1CCCC1N2c1ccccc1)C(=S)S. The lowest BCUT2D eigenvalue weighted by Crippen LogP contribution is -2.36. The van der Waals surface area contributed by atoms with Crippen molar-refractivity contribution in [2.24, 2.45) is 0 Å². The van der Waals surface area contributed by atoms with Crippen LogP contribution in [0.4, 0.5) is 11.4 Å². The van der Waals surface area contributed by atoms with Crippen molar-refractivity contribution in [3.8, 4) is 0 Å². The zero-order chi connectivity index (χ0) is 21.3. The van der Waals surface area contributed by atoms with Crippen LogP contribution in [0.2, 0.25) is 0 Å². The van der Waals surface area contributed by atoms with Crippen LogP contribution in [0, 0.1) is 0 Å². The molecule has 0 bridgehead atoms. The molecule has 1 aliphatic carbocycles. The van der Waals surface area contributed by atoms with Gasteiger partial charge in [-0.1, -0.05) is 42.9 Å². The topological polar surface area (TPSA) is 60.9 Å². The van der Waals surface area contributed by atoms with Gasteiger partial charge < -0.3 is 10.0 Å². The smallest absolute Gasteiger partial charge is 0.323 e. The number of carboxylic acid groups (broad SMARTS) is 1. The summed E-state index contributed by atoms with van der Waals surface area (Å²) in [5, 5.41) is 8.96. The number of carbonyl (C=O) groups excluding carboxylic acids is 1. The molecule has 2 aliphatic rings. The van der Waals surface area contributed by atoms with Gasteiger partial charge >= 0.3 is 5.97 Å². The third-order valence-electron chi connectivity index (χ3n) is 5.76. The fourth-order valence-electron chi connectivity index (χ4n) is 4.54. The van der Waals surface area contributed by atoms with E-state index in [4.69, 9.17) is 17.3 Å². The second-order valence-corrected chi connectivity index (χ2v) is 8.68. The van der Waals surface area contributed by atoms with Gasteiger partial charge in [0.25, 0.3) is 5.91 Å². The molecule has 2 unspecified atom stereocenters. The van der Waals surface area contributed by atoms with E-state index in [0.29, 0.717) is 12.0 Å². The monoisotopic (exact) mass is 438 g/mol. The molecule has 30 heavy (non-hydrogen) atoms. The Morgan fingerprint density at radius 3 is 2.67 bits per heavy atom. The number of carboxylic acids is 1. The molecule has 154 valence electrons. The molecule has 1 heterocycles. The third kappa shape index (κ3) is 4.00. The molecule has 0 spiro atoms. The van der Waals surface area contributed by atoms with Crippen molar-refractivity contribution >= 4 is 58.5 Å². The van der Waals surface area contributed by atoms with Crippen LogP contribution in [0.5, 0.6) is 0 Å². The van der Waals surface area contributed by atoms with E-state index in [1.807, 2.05) is 12.1 Å². The number of aliphatic carboxylic acids is 1. The Morgan fingerprint density at radius 2 is 1.97 bits per heavy atom. The van der Waals surface area contributed by atoms with Gasteiger partial charge in [0.1, 0.15) is 10.9 Å². The minimum absolute atomic E-state index is 0.0618. The van der Waals surface area contributed by atoms with Crippen LogP contribution in [-0.2, 0) is 9.59 Å². The Morgan fingerprint density at radius 1 is 1.20 bits per heavy atom. The maximum absolute atomic E-state index is 12.4. The van der Waals surface area contributed by atoms with E-state index in [1.54, 1.807) is 6.08 Å². The highest BCUT2D eigenvalue weighted by Crippen LogP contribution is 2.52. The van der Waals surface area contributed by atoms with Gasteiger partial charge in [0.05, 0.1) is 0 Å². The summed E-state index contributed by atoms with van der Waals surface area (Å²) in [5.74, 6) is -1.15. The van der Waals surface area contributed by atoms with Crippen molar-refractivity contribution in [2.45, 2.75) is 31.2 Å². The summed E-state index contributed by atoms with van der Waals surface area (Å²) in [5.41, 5.74) is 4.65. The fraction of sp³-hybridized carbons (Fsp3) is 0.261. The van der Waals surface area contributed by atoms with Crippen molar-refractivity contribution in [1.29, 1.82) is 0 Å². The molecule has 4 rings (SSSR count). The molecule has 2 atom stereocenters. The van der Waals surface area contributed by atoms with Gasteiger partial charge in [-0.15, -0.1) is 12.6 Å². The molecule has 1 fully saturated rings. The van der Waals surface area contributed by atoms with Gasteiger partial charge in [0, 0.05) is 29.4 Å². The first-order chi connectivity index (χ1) is 14.5. The van der Waals surface area contributed by atoms with E-state index in [-0.39, 0.29) is 4.32 Å². The number of benzene rings is 2. The summed E-state index contributed by atoms with van der Waals surface area (Å²) in [6.45, 7) is -0.508. The number of hydrogen-bond donors (Lipinski definition) is 2. The zero-order valence-corrected chi connectivity index (χ0v) is 18.0. The third-order valence-corrected chi connectivity index (χ3v) is 6.23. The number of thiocarbonyl (C=S) groups is 1. The molecule has 0 aromatic heterocycles. The van der Waals surface area contributed by atoms with Crippen molar-refractivity contribution in [3.63, 3.8) is 0 Å². The number of hydrogen-bond acceptors (Lipinski definition) is 4. The van der Waals surface area contributed by atoms with E-state index >= 15 is 0 Å². The molecule has 2 aromatic rings. The molecule has 0 radical (unpaired) electrons. The fourth-order valence-corrected chi connectivity index (χ4v) is 4.86. The van der Waals surface area contributed by atoms with Gasteiger partial charge in [-0.2, -0.15) is 0 Å². The molecular formula is C23H22N2O3S2. The summed E-state index contributed by atoms with van der Waals surface area (Å²) in [7, 11) is 0. The second-order valence-electron chi connectivity index (χ2n) is 7.56. The average Bonchev–Trinajstić information content (AvgIpc) is 3.31. The Hall–Kier alpha value is -2.64. The minimum Gasteiger partial charge on any atom is -0.480 e. The summed E-state index contributed by atoms with van der Waals surface area (Å²) in [6, 6.07) is 17.2. The number of anilines is 2. The maximum Gasteiger partial charge on any atom is 0.323 e. The predicted octanol–water partition coefficient (Wildman–Crippen LogP) is 4.62. The van der Waals surface area contributed by atoms with Crippen LogP contribution in [0.15, 0.2) is 54.6 Å². The standard InChI is InChI=1S/C23H22N2O3S2/c26-21(24(23(29)30)14-22(27)28)12-10-15-9-11-20-18(13-15)17-7-4-8-19(17)25(20)16-5-2-1-3-6-16/h1-3,5-6,9-13,17,19H,4,7-8,14H2,(H,27,28)(H,29,30)/b12-10+. The van der Waals surface area contributed by atoms with Gasteiger partial charge in [-0.25, -0.2) is 0 Å².